The molecular weight excluding hydrogens is 178 g/mol. The van der Waals surface area contributed by atoms with E-state index in [1.165, 1.54) is 0 Å². The van der Waals surface area contributed by atoms with E-state index < -0.39 is 0 Å². The van der Waals surface area contributed by atoms with E-state index in [9.17, 15) is 4.79 Å². The highest BCUT2D eigenvalue weighted by molar-refractivity contribution is 5.79. The van der Waals surface area contributed by atoms with Crippen molar-refractivity contribution in [2.75, 3.05) is 7.11 Å². The number of hydrogen-bond donors (Lipinski definition) is 1. The van der Waals surface area contributed by atoms with E-state index in [-0.39, 0.29) is 11.8 Å². The summed E-state index contributed by atoms with van der Waals surface area (Å²) in [6.45, 7) is 3.76. The van der Waals surface area contributed by atoms with E-state index in [0.29, 0.717) is 0 Å². The average molecular weight is 195 g/mol. The maximum Gasteiger partial charge on any atom is 0.226 e. The molecule has 0 unspecified atom stereocenters. The van der Waals surface area contributed by atoms with Crippen molar-refractivity contribution in [2.45, 2.75) is 26.7 Å². The summed E-state index contributed by atoms with van der Waals surface area (Å²) >= 11 is 0. The summed E-state index contributed by atoms with van der Waals surface area (Å²) in [5, 5.41) is 2.88. The first-order chi connectivity index (χ1) is 6.63. The van der Waals surface area contributed by atoms with Gasteiger partial charge in [-0.2, -0.15) is 0 Å². The zero-order valence-electron chi connectivity index (χ0n) is 8.96. The summed E-state index contributed by atoms with van der Waals surface area (Å²) in [4.78, 5) is 11.4. The summed E-state index contributed by atoms with van der Waals surface area (Å²) < 4.78 is 5.10. The predicted octanol–water partition coefficient (Wildman–Crippen LogP) is 1.97. The minimum Gasteiger partial charge on any atom is -0.497 e. The van der Waals surface area contributed by atoms with E-state index in [1.807, 2.05) is 26.0 Å². The highest BCUT2D eigenvalue weighted by atomic mass is 16.5. The van der Waals surface area contributed by atoms with Crippen LogP contribution in [-0.2, 0) is 9.53 Å². The highest BCUT2D eigenvalue weighted by Gasteiger charge is 2.11. The Bertz CT molecular complexity index is 277. The molecule has 0 fully saturated rings. The smallest absolute Gasteiger partial charge is 0.226 e. The second-order valence-corrected chi connectivity index (χ2v) is 3.66. The first-order valence-electron chi connectivity index (χ1n) is 4.89. The Labute approximate surface area is 84.8 Å². The van der Waals surface area contributed by atoms with Crippen molar-refractivity contribution >= 4 is 5.91 Å². The summed E-state index contributed by atoms with van der Waals surface area (Å²) in [5.41, 5.74) is 0.947. The van der Waals surface area contributed by atoms with E-state index in [0.717, 1.165) is 24.3 Å². The largest absolute Gasteiger partial charge is 0.497 e. The van der Waals surface area contributed by atoms with Crippen LogP contribution < -0.4 is 5.32 Å². The molecule has 0 aromatic carbocycles. The third-order valence-electron chi connectivity index (χ3n) is 2.12. The van der Waals surface area contributed by atoms with Crippen molar-refractivity contribution in [3.8, 4) is 0 Å². The van der Waals surface area contributed by atoms with Crippen molar-refractivity contribution in [1.29, 1.82) is 0 Å². The minimum absolute atomic E-state index is 0.0211. The molecule has 0 heterocycles. The zero-order valence-corrected chi connectivity index (χ0v) is 8.96. The molecule has 3 heteroatoms. The van der Waals surface area contributed by atoms with Crippen molar-refractivity contribution in [3.05, 3.63) is 23.6 Å². The number of hydrogen-bond acceptors (Lipinski definition) is 2. The van der Waals surface area contributed by atoms with Gasteiger partial charge in [-0.3, -0.25) is 4.79 Å². The summed E-state index contributed by atoms with van der Waals surface area (Å²) in [6.07, 6.45) is 5.70. The normalized spacial score (nSPS) is 16.0. The van der Waals surface area contributed by atoms with Crippen LogP contribution in [0.5, 0.6) is 0 Å². The molecule has 0 saturated carbocycles. The number of carbonyl (C=O) groups excluding carboxylic acids is 1. The van der Waals surface area contributed by atoms with Crippen LogP contribution in [0.1, 0.15) is 26.7 Å². The Morgan fingerprint density at radius 3 is 2.86 bits per heavy atom. The van der Waals surface area contributed by atoms with Gasteiger partial charge >= 0.3 is 0 Å². The summed E-state index contributed by atoms with van der Waals surface area (Å²) in [7, 11) is 1.63. The monoisotopic (exact) mass is 195 g/mol. The van der Waals surface area contributed by atoms with Gasteiger partial charge in [-0.1, -0.05) is 13.8 Å². The van der Waals surface area contributed by atoms with Crippen molar-refractivity contribution in [3.63, 3.8) is 0 Å². The fourth-order valence-electron chi connectivity index (χ4n) is 1.22. The molecular formula is C11H17NO2. The molecule has 1 amide bonds. The van der Waals surface area contributed by atoms with Gasteiger partial charge in [-0.05, 0) is 25.0 Å². The van der Waals surface area contributed by atoms with E-state index in [2.05, 4.69) is 5.32 Å². The van der Waals surface area contributed by atoms with Gasteiger partial charge in [-0.25, -0.2) is 0 Å². The molecule has 0 saturated heterocycles. The molecule has 1 N–H and O–H groups in total. The molecule has 0 aliphatic heterocycles. The van der Waals surface area contributed by atoms with Gasteiger partial charge in [0.25, 0.3) is 0 Å². The Morgan fingerprint density at radius 2 is 2.29 bits per heavy atom. The first-order valence-corrected chi connectivity index (χ1v) is 4.89. The summed E-state index contributed by atoms with van der Waals surface area (Å²) in [5.74, 6) is 0.914. The van der Waals surface area contributed by atoms with Gasteiger partial charge in [0.1, 0.15) is 5.76 Å². The van der Waals surface area contributed by atoms with Crippen LogP contribution in [0.4, 0.5) is 0 Å². The number of amides is 1. The van der Waals surface area contributed by atoms with Gasteiger partial charge in [-0.15, -0.1) is 0 Å². The van der Waals surface area contributed by atoms with E-state index in [4.69, 9.17) is 4.74 Å². The minimum atomic E-state index is 0.0211. The van der Waals surface area contributed by atoms with Crippen LogP contribution >= 0.6 is 0 Å². The van der Waals surface area contributed by atoms with Crippen LogP contribution in [0.25, 0.3) is 0 Å². The number of rotatable bonds is 3. The lowest BCUT2D eigenvalue weighted by Gasteiger charge is -2.15. The van der Waals surface area contributed by atoms with Crippen molar-refractivity contribution < 1.29 is 9.53 Å². The fourth-order valence-corrected chi connectivity index (χ4v) is 1.22. The van der Waals surface area contributed by atoms with E-state index in [1.54, 1.807) is 7.11 Å². The molecule has 0 spiro atoms. The van der Waals surface area contributed by atoms with Gasteiger partial charge in [0.2, 0.25) is 5.91 Å². The number of methoxy groups -OCH3 is 1. The van der Waals surface area contributed by atoms with Crippen LogP contribution in [0, 0.1) is 5.92 Å². The molecule has 78 valence electrons. The number of allylic oxidation sites excluding steroid dienone is 3. The van der Waals surface area contributed by atoms with Crippen LogP contribution in [-0.4, -0.2) is 13.0 Å². The van der Waals surface area contributed by atoms with E-state index >= 15 is 0 Å². The molecule has 1 rings (SSSR count). The lowest BCUT2D eigenvalue weighted by Crippen LogP contribution is -2.27. The second kappa shape index (κ2) is 4.84. The summed E-state index contributed by atoms with van der Waals surface area (Å²) in [6, 6.07) is 0. The fraction of sp³-hybridized carbons (Fsp3) is 0.545. The van der Waals surface area contributed by atoms with Gasteiger partial charge in [0, 0.05) is 11.6 Å². The first kappa shape index (κ1) is 10.8. The Morgan fingerprint density at radius 1 is 1.57 bits per heavy atom. The van der Waals surface area contributed by atoms with Crippen LogP contribution in [0.15, 0.2) is 23.6 Å². The molecule has 0 aromatic rings. The Balaban J connectivity index is 2.57. The van der Waals surface area contributed by atoms with Crippen molar-refractivity contribution in [2.24, 2.45) is 5.92 Å². The highest BCUT2D eigenvalue weighted by Crippen LogP contribution is 2.15. The third kappa shape index (κ3) is 2.91. The maximum atomic E-state index is 11.4. The van der Waals surface area contributed by atoms with Crippen LogP contribution in [0.3, 0.4) is 0 Å². The standard InChI is InChI=1S/C11H17NO2/c1-8(2)11(13)12-9-5-4-6-10(7-9)14-3/h6-8H,4-5H2,1-3H3,(H,12,13). The molecule has 3 nitrogen and oxygen atoms in total. The predicted molar refractivity (Wildman–Crippen MR) is 55.4 cm³/mol. The maximum absolute atomic E-state index is 11.4. The van der Waals surface area contributed by atoms with Crippen molar-refractivity contribution in [1.82, 2.24) is 5.32 Å². The quantitative estimate of drug-likeness (QED) is 0.747. The van der Waals surface area contributed by atoms with Gasteiger partial charge < -0.3 is 10.1 Å². The molecule has 0 bridgehead atoms. The van der Waals surface area contributed by atoms with Gasteiger partial charge in [0.15, 0.2) is 0 Å². The molecule has 0 aromatic heterocycles. The Hall–Kier alpha value is -1.25. The van der Waals surface area contributed by atoms with Crippen LogP contribution in [0.2, 0.25) is 0 Å². The second-order valence-electron chi connectivity index (χ2n) is 3.66. The third-order valence-corrected chi connectivity index (χ3v) is 2.12. The zero-order chi connectivity index (χ0) is 10.6. The van der Waals surface area contributed by atoms with Gasteiger partial charge in [0.05, 0.1) is 7.11 Å². The molecule has 1 aliphatic carbocycles. The Kier molecular flexibility index (Phi) is 3.74. The molecule has 14 heavy (non-hydrogen) atoms. The molecule has 0 atom stereocenters. The number of carbonyl (C=O) groups is 1. The average Bonchev–Trinajstić information content (AvgIpc) is 2.18. The lowest BCUT2D eigenvalue weighted by atomic mass is 10.1. The molecule has 0 radical (unpaired) electrons. The number of ether oxygens (including phenoxy) is 1. The lowest BCUT2D eigenvalue weighted by molar-refractivity contribution is -0.123. The molecule has 1 aliphatic rings. The topological polar surface area (TPSA) is 38.3 Å². The number of nitrogens with one attached hydrogen (secondary N) is 1. The SMILES string of the molecule is COC1=CCCC(NC(=O)C(C)C)=C1.